The second-order valence-electron chi connectivity index (χ2n) is 4.39. The molecule has 0 radical (unpaired) electrons. The summed E-state index contributed by atoms with van der Waals surface area (Å²) >= 11 is 0. The smallest absolute Gasteiger partial charge is 0.304 e. The summed E-state index contributed by atoms with van der Waals surface area (Å²) in [6.45, 7) is 5.46. The predicted molar refractivity (Wildman–Crippen MR) is 53.3 cm³/mol. The molecule has 14 heavy (non-hydrogen) atoms. The Kier molecular flexibility index (Phi) is 3.89. The Bertz CT molecular complexity index is 204. The Morgan fingerprint density at radius 2 is 2.36 bits per heavy atom. The van der Waals surface area contributed by atoms with Crippen LogP contribution >= 0.6 is 0 Å². The zero-order chi connectivity index (χ0) is 10.6. The number of ether oxygens (including phenoxy) is 1. The molecule has 0 aliphatic carbocycles. The van der Waals surface area contributed by atoms with Gasteiger partial charge in [-0.15, -0.1) is 0 Å². The van der Waals surface area contributed by atoms with E-state index >= 15 is 0 Å². The van der Waals surface area contributed by atoms with Crippen LogP contribution in [0.2, 0.25) is 0 Å². The van der Waals surface area contributed by atoms with Gasteiger partial charge in [0.1, 0.15) is 0 Å². The largest absolute Gasteiger partial charge is 0.481 e. The van der Waals surface area contributed by atoms with Crippen LogP contribution in [-0.4, -0.2) is 35.9 Å². The second-order valence-corrected chi connectivity index (χ2v) is 4.39. The summed E-state index contributed by atoms with van der Waals surface area (Å²) in [5, 5.41) is 11.5. The summed E-state index contributed by atoms with van der Waals surface area (Å²) < 4.78 is 5.75. The van der Waals surface area contributed by atoms with Gasteiger partial charge in [0.15, 0.2) is 0 Å². The molecule has 4 heteroatoms. The molecule has 1 heterocycles. The summed E-state index contributed by atoms with van der Waals surface area (Å²) in [6.07, 6.45) is 2.57. The summed E-state index contributed by atoms with van der Waals surface area (Å²) in [4.78, 5) is 10.2. The van der Waals surface area contributed by atoms with Crippen molar-refractivity contribution in [3.8, 4) is 0 Å². The van der Waals surface area contributed by atoms with Crippen LogP contribution in [0.3, 0.4) is 0 Å². The first kappa shape index (κ1) is 11.5. The molecule has 1 rings (SSSR count). The van der Waals surface area contributed by atoms with Gasteiger partial charge in [0.25, 0.3) is 0 Å². The Morgan fingerprint density at radius 1 is 1.64 bits per heavy atom. The number of rotatable bonds is 5. The molecule has 1 aliphatic heterocycles. The lowest BCUT2D eigenvalue weighted by molar-refractivity contribution is -0.136. The molecule has 0 aromatic carbocycles. The minimum absolute atomic E-state index is 0.000849. The van der Waals surface area contributed by atoms with Crippen LogP contribution in [0.25, 0.3) is 0 Å². The molecule has 2 N–H and O–H groups in total. The molecule has 1 fully saturated rings. The molecule has 1 unspecified atom stereocenters. The van der Waals surface area contributed by atoms with Gasteiger partial charge in [0.2, 0.25) is 0 Å². The van der Waals surface area contributed by atoms with E-state index in [9.17, 15) is 4.79 Å². The van der Waals surface area contributed by atoms with Crippen LogP contribution in [0.5, 0.6) is 0 Å². The number of carbonyl (C=O) groups is 1. The average Bonchev–Trinajstić information content (AvgIpc) is 2.39. The van der Waals surface area contributed by atoms with Crippen molar-refractivity contribution in [2.24, 2.45) is 0 Å². The van der Waals surface area contributed by atoms with Gasteiger partial charge in [0, 0.05) is 13.1 Å². The summed E-state index contributed by atoms with van der Waals surface area (Å²) in [6, 6.07) is 0. The number of hydrogen-bond acceptors (Lipinski definition) is 3. The van der Waals surface area contributed by atoms with E-state index in [1.54, 1.807) is 0 Å². The van der Waals surface area contributed by atoms with Crippen LogP contribution in [0.1, 0.15) is 33.1 Å². The lowest BCUT2D eigenvalue weighted by atomic mass is 10.1. The first-order chi connectivity index (χ1) is 6.49. The summed E-state index contributed by atoms with van der Waals surface area (Å²) in [5.41, 5.74) is -0.000849. The van der Waals surface area contributed by atoms with Gasteiger partial charge < -0.3 is 15.2 Å². The van der Waals surface area contributed by atoms with Crippen LogP contribution in [0.15, 0.2) is 0 Å². The molecule has 0 saturated carbocycles. The maximum Gasteiger partial charge on any atom is 0.304 e. The fourth-order valence-electron chi connectivity index (χ4n) is 1.68. The molecule has 0 bridgehead atoms. The average molecular weight is 201 g/mol. The molecule has 82 valence electrons. The van der Waals surface area contributed by atoms with Crippen molar-refractivity contribution >= 4 is 5.97 Å². The molecule has 0 amide bonds. The fraction of sp³-hybridized carbons (Fsp3) is 0.900. The molecule has 4 nitrogen and oxygen atoms in total. The van der Waals surface area contributed by atoms with E-state index < -0.39 is 5.97 Å². The quantitative estimate of drug-likeness (QED) is 0.652. The van der Waals surface area contributed by atoms with Gasteiger partial charge in [-0.25, -0.2) is 0 Å². The van der Waals surface area contributed by atoms with Gasteiger partial charge >= 0.3 is 5.97 Å². The molecule has 1 aliphatic rings. The van der Waals surface area contributed by atoms with Crippen LogP contribution in [-0.2, 0) is 9.53 Å². The highest BCUT2D eigenvalue weighted by Crippen LogP contribution is 2.28. The Morgan fingerprint density at radius 3 is 2.86 bits per heavy atom. The molecular weight excluding hydrogens is 182 g/mol. The highest BCUT2D eigenvalue weighted by molar-refractivity contribution is 5.66. The van der Waals surface area contributed by atoms with Crippen molar-refractivity contribution < 1.29 is 14.6 Å². The molecule has 0 spiro atoms. The van der Waals surface area contributed by atoms with E-state index in [1.807, 2.05) is 0 Å². The Labute approximate surface area is 84.6 Å². The SMILES string of the molecule is CC1(C)CCC(CNCCC(=O)O)O1. The van der Waals surface area contributed by atoms with E-state index in [2.05, 4.69) is 19.2 Å². The second kappa shape index (κ2) is 4.75. The topological polar surface area (TPSA) is 58.6 Å². The van der Waals surface area contributed by atoms with Crippen molar-refractivity contribution in [2.75, 3.05) is 13.1 Å². The zero-order valence-electron chi connectivity index (χ0n) is 8.88. The Hall–Kier alpha value is -0.610. The lowest BCUT2D eigenvalue weighted by Gasteiger charge is -2.19. The normalized spacial score (nSPS) is 25.1. The number of carboxylic acid groups (broad SMARTS) is 1. The van der Waals surface area contributed by atoms with Crippen molar-refractivity contribution in [2.45, 2.75) is 44.8 Å². The molecule has 0 aromatic heterocycles. The minimum atomic E-state index is -0.759. The van der Waals surface area contributed by atoms with Crippen molar-refractivity contribution in [1.82, 2.24) is 5.32 Å². The lowest BCUT2D eigenvalue weighted by Crippen LogP contribution is -2.30. The minimum Gasteiger partial charge on any atom is -0.481 e. The number of hydrogen-bond donors (Lipinski definition) is 2. The van der Waals surface area contributed by atoms with E-state index in [-0.39, 0.29) is 18.1 Å². The zero-order valence-corrected chi connectivity index (χ0v) is 8.88. The summed E-state index contributed by atoms with van der Waals surface area (Å²) in [7, 11) is 0. The monoisotopic (exact) mass is 201 g/mol. The maximum absolute atomic E-state index is 10.2. The Balaban J connectivity index is 2.06. The van der Waals surface area contributed by atoms with Gasteiger partial charge in [0.05, 0.1) is 18.1 Å². The van der Waals surface area contributed by atoms with E-state index in [0.29, 0.717) is 6.54 Å². The van der Waals surface area contributed by atoms with E-state index in [4.69, 9.17) is 9.84 Å². The molecule has 0 aromatic rings. The highest BCUT2D eigenvalue weighted by atomic mass is 16.5. The number of aliphatic carboxylic acids is 1. The first-order valence-electron chi connectivity index (χ1n) is 5.10. The van der Waals surface area contributed by atoms with Crippen LogP contribution < -0.4 is 5.32 Å². The van der Waals surface area contributed by atoms with Crippen LogP contribution in [0, 0.1) is 0 Å². The highest BCUT2D eigenvalue weighted by Gasteiger charge is 2.30. The first-order valence-corrected chi connectivity index (χ1v) is 5.10. The maximum atomic E-state index is 10.2. The van der Waals surface area contributed by atoms with E-state index in [1.165, 1.54) is 0 Å². The number of carboxylic acids is 1. The van der Waals surface area contributed by atoms with Crippen LogP contribution in [0.4, 0.5) is 0 Å². The summed E-state index contributed by atoms with van der Waals surface area (Å²) in [5.74, 6) is -0.759. The number of nitrogens with one attached hydrogen (secondary N) is 1. The van der Waals surface area contributed by atoms with E-state index in [0.717, 1.165) is 19.4 Å². The third-order valence-electron chi connectivity index (χ3n) is 2.44. The van der Waals surface area contributed by atoms with Gasteiger partial charge in [-0.1, -0.05) is 0 Å². The molecular formula is C10H19NO3. The van der Waals surface area contributed by atoms with Gasteiger partial charge in [-0.3, -0.25) is 4.79 Å². The van der Waals surface area contributed by atoms with Crippen molar-refractivity contribution in [1.29, 1.82) is 0 Å². The standard InChI is InChI=1S/C10H19NO3/c1-10(2)5-3-8(14-10)7-11-6-4-9(12)13/h8,11H,3-7H2,1-2H3,(H,12,13). The van der Waals surface area contributed by atoms with Crippen molar-refractivity contribution in [3.63, 3.8) is 0 Å². The third-order valence-corrected chi connectivity index (χ3v) is 2.44. The predicted octanol–water partition coefficient (Wildman–Crippen LogP) is 1.01. The third kappa shape index (κ3) is 4.07. The fourth-order valence-corrected chi connectivity index (χ4v) is 1.68. The molecule has 1 saturated heterocycles. The van der Waals surface area contributed by atoms with Gasteiger partial charge in [-0.05, 0) is 26.7 Å². The van der Waals surface area contributed by atoms with Crippen molar-refractivity contribution in [3.05, 3.63) is 0 Å². The molecule has 1 atom stereocenters. The van der Waals surface area contributed by atoms with Gasteiger partial charge in [-0.2, -0.15) is 0 Å².